The van der Waals surface area contributed by atoms with Crippen molar-refractivity contribution in [1.29, 1.82) is 5.41 Å². The first-order chi connectivity index (χ1) is 14.2. The largest absolute Gasteiger partial charge is 0.573 e. The molecule has 31 heavy (non-hydrogen) atoms. The molecule has 0 saturated carbocycles. The summed E-state index contributed by atoms with van der Waals surface area (Å²) < 4.78 is 42.3. The number of amides is 1. The molecule has 0 bridgehead atoms. The minimum Gasteiger partial charge on any atom is -0.406 e. The summed E-state index contributed by atoms with van der Waals surface area (Å²) in [5.41, 5.74) is 0.976. The predicted octanol–water partition coefficient (Wildman–Crippen LogP) is 4.88. The minimum atomic E-state index is -4.83. The Morgan fingerprint density at radius 2 is 1.71 bits per heavy atom. The molecule has 0 radical (unpaired) electrons. The molecule has 1 aliphatic rings. The van der Waals surface area contributed by atoms with Crippen LogP contribution in [0.2, 0.25) is 0 Å². The maximum absolute atomic E-state index is 13.3. The quantitative estimate of drug-likeness (QED) is 0.725. The van der Waals surface area contributed by atoms with Gasteiger partial charge in [0, 0.05) is 7.05 Å². The Morgan fingerprint density at radius 3 is 2.26 bits per heavy atom. The van der Waals surface area contributed by atoms with Gasteiger partial charge in [0.25, 0.3) is 0 Å². The average molecular weight is 433 g/mol. The Hall–Kier alpha value is -3.03. The summed E-state index contributed by atoms with van der Waals surface area (Å²) in [6.45, 7) is 7.96. The molecule has 8 heteroatoms. The van der Waals surface area contributed by atoms with Crippen LogP contribution in [-0.2, 0) is 15.7 Å². The molecule has 166 valence electrons. The fraction of sp³-hybridized carbons (Fsp3) is 0.391. The van der Waals surface area contributed by atoms with Crippen molar-refractivity contribution in [3.05, 3.63) is 65.2 Å². The van der Waals surface area contributed by atoms with E-state index in [1.807, 2.05) is 24.3 Å². The van der Waals surface area contributed by atoms with Gasteiger partial charge in [-0.15, -0.1) is 13.2 Å². The lowest BCUT2D eigenvalue weighted by Crippen LogP contribution is -2.62. The van der Waals surface area contributed by atoms with Crippen LogP contribution >= 0.6 is 0 Å². The molecule has 2 atom stereocenters. The van der Waals surface area contributed by atoms with E-state index in [4.69, 9.17) is 5.41 Å². The van der Waals surface area contributed by atoms with Crippen molar-refractivity contribution in [1.82, 2.24) is 10.2 Å². The number of guanidine groups is 1. The lowest BCUT2D eigenvalue weighted by molar-refractivity contribution is -0.274. The third-order valence-corrected chi connectivity index (χ3v) is 5.65. The van der Waals surface area contributed by atoms with E-state index in [1.165, 1.54) is 30.1 Å². The summed E-state index contributed by atoms with van der Waals surface area (Å²) in [6.07, 6.45) is -4.83. The normalized spacial score (nSPS) is 22.3. The fourth-order valence-electron chi connectivity index (χ4n) is 3.86. The number of ether oxygens (including phenoxy) is 1. The van der Waals surface area contributed by atoms with Crippen LogP contribution in [-0.4, -0.2) is 30.2 Å². The van der Waals surface area contributed by atoms with Gasteiger partial charge in [0.2, 0.25) is 5.91 Å². The number of rotatable bonds is 3. The smallest absolute Gasteiger partial charge is 0.406 e. The Labute approximate surface area is 179 Å². The third-order valence-electron chi connectivity index (χ3n) is 5.65. The van der Waals surface area contributed by atoms with E-state index in [0.717, 1.165) is 5.56 Å². The van der Waals surface area contributed by atoms with Gasteiger partial charge in [-0.1, -0.05) is 57.2 Å². The molecule has 1 fully saturated rings. The van der Waals surface area contributed by atoms with Crippen LogP contribution in [0, 0.1) is 5.41 Å². The number of likely N-dealkylation sites (N-methyl/N-ethyl adjacent to an activating group) is 1. The van der Waals surface area contributed by atoms with Crippen molar-refractivity contribution < 1.29 is 22.7 Å². The predicted molar refractivity (Wildman–Crippen MR) is 112 cm³/mol. The van der Waals surface area contributed by atoms with Gasteiger partial charge in [-0.25, -0.2) is 0 Å². The summed E-state index contributed by atoms with van der Waals surface area (Å²) >= 11 is 0. The van der Waals surface area contributed by atoms with Crippen LogP contribution in [0.15, 0.2) is 48.5 Å². The second-order valence-corrected chi connectivity index (χ2v) is 8.95. The van der Waals surface area contributed by atoms with Gasteiger partial charge in [-0.3, -0.25) is 15.1 Å². The zero-order chi connectivity index (χ0) is 23.2. The van der Waals surface area contributed by atoms with Crippen molar-refractivity contribution in [3.8, 4) is 5.75 Å². The second-order valence-electron chi connectivity index (χ2n) is 8.95. The standard InChI is InChI=1S/C23H26F3N3O2/c1-21(2,3)15-11-9-14(10-12-15)18-19(30)29(5)20(27)28-22(18,4)16-7-6-8-17(13-16)31-23(24,25)26/h6-13,18H,1-5H3,(H2,27,28)/t18-,22+/m0/s1. The number of carbonyl (C=O) groups is 1. The van der Waals surface area contributed by atoms with E-state index in [1.54, 1.807) is 13.0 Å². The summed E-state index contributed by atoms with van der Waals surface area (Å²) in [4.78, 5) is 14.5. The topological polar surface area (TPSA) is 65.4 Å². The Kier molecular flexibility index (Phi) is 5.54. The number of carbonyl (C=O) groups excluding carboxylic acids is 1. The maximum atomic E-state index is 13.3. The van der Waals surface area contributed by atoms with Crippen LogP contribution in [0.4, 0.5) is 13.2 Å². The number of halogens is 3. The number of alkyl halides is 3. The Balaban J connectivity index is 2.10. The summed E-state index contributed by atoms with van der Waals surface area (Å²) in [5, 5.41) is 11.2. The summed E-state index contributed by atoms with van der Waals surface area (Å²) in [6, 6.07) is 13.1. The Morgan fingerprint density at radius 1 is 1.10 bits per heavy atom. The third kappa shape index (κ3) is 4.52. The number of nitrogens with one attached hydrogen (secondary N) is 2. The first-order valence-electron chi connectivity index (χ1n) is 9.83. The molecule has 0 unspecified atom stereocenters. The maximum Gasteiger partial charge on any atom is 0.573 e. The monoisotopic (exact) mass is 433 g/mol. The first-order valence-corrected chi connectivity index (χ1v) is 9.83. The van der Waals surface area contributed by atoms with Gasteiger partial charge in [-0.2, -0.15) is 0 Å². The molecular formula is C23H26F3N3O2. The van der Waals surface area contributed by atoms with Crippen molar-refractivity contribution in [2.24, 2.45) is 0 Å². The lowest BCUT2D eigenvalue weighted by Gasteiger charge is -2.46. The molecule has 1 amide bonds. The first kappa shape index (κ1) is 22.7. The summed E-state index contributed by atoms with van der Waals surface area (Å²) in [5.74, 6) is -1.59. The van der Waals surface area contributed by atoms with Crippen molar-refractivity contribution in [2.45, 2.75) is 50.9 Å². The zero-order valence-corrected chi connectivity index (χ0v) is 18.1. The fourth-order valence-corrected chi connectivity index (χ4v) is 3.86. The van der Waals surface area contributed by atoms with E-state index in [0.29, 0.717) is 11.1 Å². The molecule has 0 aliphatic carbocycles. The number of benzene rings is 2. The molecule has 0 spiro atoms. The number of nitrogens with zero attached hydrogens (tertiary/aromatic N) is 1. The molecule has 2 N–H and O–H groups in total. The van der Waals surface area contributed by atoms with Gasteiger partial charge in [-0.05, 0) is 41.2 Å². The van der Waals surface area contributed by atoms with E-state index >= 15 is 0 Å². The van der Waals surface area contributed by atoms with E-state index in [9.17, 15) is 18.0 Å². The lowest BCUT2D eigenvalue weighted by atomic mass is 9.73. The van der Waals surface area contributed by atoms with Gasteiger partial charge >= 0.3 is 6.36 Å². The zero-order valence-electron chi connectivity index (χ0n) is 18.1. The highest BCUT2D eigenvalue weighted by molar-refractivity contribution is 6.02. The minimum absolute atomic E-state index is 0.0706. The van der Waals surface area contributed by atoms with E-state index < -0.39 is 17.8 Å². The molecule has 2 aromatic rings. The van der Waals surface area contributed by atoms with Crippen LogP contribution in [0.1, 0.15) is 50.3 Å². The summed E-state index contributed by atoms with van der Waals surface area (Å²) in [7, 11) is 1.50. The second kappa shape index (κ2) is 7.59. The Bertz CT molecular complexity index is 996. The van der Waals surface area contributed by atoms with Crippen molar-refractivity contribution in [3.63, 3.8) is 0 Å². The molecule has 2 aromatic carbocycles. The SMILES string of the molecule is CN1C(=N)N[C@](C)(c2cccc(OC(F)(F)F)c2)[C@@H](c2ccc(C(C)(C)C)cc2)C1=O. The van der Waals surface area contributed by atoms with E-state index in [-0.39, 0.29) is 23.0 Å². The number of hydrogen-bond acceptors (Lipinski definition) is 3. The molecule has 3 rings (SSSR count). The molecule has 1 saturated heterocycles. The molecular weight excluding hydrogens is 407 g/mol. The highest BCUT2D eigenvalue weighted by Gasteiger charge is 2.48. The van der Waals surface area contributed by atoms with Gasteiger partial charge in [0.15, 0.2) is 5.96 Å². The van der Waals surface area contributed by atoms with Gasteiger partial charge < -0.3 is 10.1 Å². The van der Waals surface area contributed by atoms with Gasteiger partial charge in [0.05, 0.1) is 11.5 Å². The molecule has 1 aliphatic heterocycles. The van der Waals surface area contributed by atoms with Crippen molar-refractivity contribution >= 4 is 11.9 Å². The van der Waals surface area contributed by atoms with Crippen LogP contribution in [0.3, 0.4) is 0 Å². The molecule has 1 heterocycles. The average Bonchev–Trinajstić information content (AvgIpc) is 2.65. The van der Waals surface area contributed by atoms with Crippen molar-refractivity contribution in [2.75, 3.05) is 7.05 Å². The van der Waals surface area contributed by atoms with Crippen LogP contribution in [0.25, 0.3) is 0 Å². The number of hydrogen-bond donors (Lipinski definition) is 2. The van der Waals surface area contributed by atoms with Crippen LogP contribution in [0.5, 0.6) is 5.75 Å². The van der Waals surface area contributed by atoms with Gasteiger partial charge in [0.1, 0.15) is 5.75 Å². The molecule has 0 aromatic heterocycles. The van der Waals surface area contributed by atoms with Crippen LogP contribution < -0.4 is 10.1 Å². The highest BCUT2D eigenvalue weighted by atomic mass is 19.4. The van der Waals surface area contributed by atoms with E-state index in [2.05, 4.69) is 30.8 Å². The molecule has 5 nitrogen and oxygen atoms in total. The highest BCUT2D eigenvalue weighted by Crippen LogP contribution is 2.42.